The third kappa shape index (κ3) is 5.23. The van der Waals surface area contributed by atoms with E-state index in [1.54, 1.807) is 18.2 Å². The van der Waals surface area contributed by atoms with Crippen molar-refractivity contribution in [2.75, 3.05) is 10.5 Å². The number of benzene rings is 3. The fourth-order valence-corrected chi connectivity index (χ4v) is 3.04. The van der Waals surface area contributed by atoms with Gasteiger partial charge in [-0.1, -0.05) is 84.4 Å². The molecule has 6 nitrogen and oxygen atoms in total. The molecule has 0 heterocycles. The summed E-state index contributed by atoms with van der Waals surface area (Å²) >= 11 is 6.40. The number of hydrogen-bond acceptors (Lipinski definition) is 6. The lowest BCUT2D eigenvalue weighted by molar-refractivity contribution is 0.0291. The van der Waals surface area contributed by atoms with Crippen molar-refractivity contribution in [3.8, 4) is 0 Å². The summed E-state index contributed by atoms with van der Waals surface area (Å²) in [5.41, 5.74) is 1.69. The molecule has 0 saturated heterocycles. The van der Waals surface area contributed by atoms with Crippen LogP contribution in [0.4, 0.5) is 11.4 Å². The fraction of sp³-hybridized carbons (Fsp3) is 0. The fourth-order valence-electron chi connectivity index (χ4n) is 2.77. The van der Waals surface area contributed by atoms with Crippen LogP contribution in [0.5, 0.6) is 0 Å². The Labute approximate surface area is 172 Å². The van der Waals surface area contributed by atoms with E-state index in [2.05, 4.69) is 0 Å². The predicted molar refractivity (Wildman–Crippen MR) is 117 cm³/mol. The molecule has 148 valence electrons. The largest absolute Gasteiger partial charge is 0.769 e. The molecule has 0 atom stereocenters. The second kappa shape index (κ2) is 9.38. The normalized spacial score (nSPS) is 11.7. The van der Waals surface area contributed by atoms with Crippen molar-refractivity contribution in [2.24, 2.45) is 0 Å². The molecule has 0 unspecified atom stereocenters. The first-order chi connectivity index (χ1) is 14.0. The molecule has 7 heteroatoms. The average Bonchev–Trinajstić information content (AvgIpc) is 2.72. The van der Waals surface area contributed by atoms with Crippen molar-refractivity contribution >= 4 is 46.2 Å². The van der Waals surface area contributed by atoms with Crippen molar-refractivity contribution in [1.29, 1.82) is 0 Å². The van der Waals surface area contributed by atoms with Gasteiger partial charge in [0.2, 0.25) is 0 Å². The number of halogens is 1. The van der Waals surface area contributed by atoms with Crippen molar-refractivity contribution < 1.29 is 10.4 Å². The summed E-state index contributed by atoms with van der Waals surface area (Å²) in [7, 11) is 0. The predicted octanol–water partition coefficient (Wildman–Crippen LogP) is 5.98. The number of hydrogen-bond donors (Lipinski definition) is 2. The maximum atomic E-state index is 11.6. The molecule has 0 radical (unpaired) electrons. The van der Waals surface area contributed by atoms with E-state index in [4.69, 9.17) is 11.6 Å². The zero-order valence-electron chi connectivity index (χ0n) is 15.1. The van der Waals surface area contributed by atoms with Crippen LogP contribution in [0.1, 0.15) is 22.3 Å². The highest BCUT2D eigenvalue weighted by Crippen LogP contribution is 2.37. The van der Waals surface area contributed by atoms with Crippen molar-refractivity contribution in [2.45, 2.75) is 0 Å². The molecule has 3 aromatic rings. The summed E-state index contributed by atoms with van der Waals surface area (Å²) in [5.74, 6) is 0. The monoisotopic (exact) mass is 408 g/mol. The van der Waals surface area contributed by atoms with Crippen LogP contribution in [0.3, 0.4) is 0 Å². The lowest BCUT2D eigenvalue weighted by Crippen LogP contribution is -2.15. The Morgan fingerprint density at radius 2 is 1.38 bits per heavy atom. The first-order valence-electron chi connectivity index (χ1n) is 8.62. The number of nitrogens with zero attached hydrogens (tertiary/aromatic N) is 2. The first-order valence-corrected chi connectivity index (χ1v) is 8.99. The van der Waals surface area contributed by atoms with E-state index in [0.717, 1.165) is 17.2 Å². The summed E-state index contributed by atoms with van der Waals surface area (Å²) in [4.78, 5) is 0. The van der Waals surface area contributed by atoms with E-state index in [-0.39, 0.29) is 27.2 Å². The maximum absolute atomic E-state index is 11.6. The number of rotatable bonds is 6. The van der Waals surface area contributed by atoms with Gasteiger partial charge in [0.05, 0.1) is 5.03 Å². The summed E-state index contributed by atoms with van der Waals surface area (Å²) in [6, 6.07) is 21.0. The maximum Gasteiger partial charge on any atom is 0.104 e. The Kier molecular flexibility index (Phi) is 6.66. The van der Waals surface area contributed by atoms with Crippen molar-refractivity contribution in [1.82, 2.24) is 0 Å². The van der Waals surface area contributed by atoms with Crippen LogP contribution in [0, 0.1) is 10.4 Å². The Morgan fingerprint density at radius 1 is 0.793 bits per heavy atom. The molecule has 0 fully saturated rings. The van der Waals surface area contributed by atoms with E-state index in [9.17, 15) is 20.8 Å². The Bertz CT molecular complexity index is 1020. The second-order valence-corrected chi connectivity index (χ2v) is 6.53. The third-order valence-electron chi connectivity index (χ3n) is 4.16. The highest BCUT2D eigenvalue weighted by molar-refractivity contribution is 6.51. The molecule has 29 heavy (non-hydrogen) atoms. The Hall–Kier alpha value is -3.13. The van der Waals surface area contributed by atoms with Gasteiger partial charge < -0.3 is 15.6 Å². The molecule has 0 aromatic heterocycles. The van der Waals surface area contributed by atoms with Crippen LogP contribution in [0.15, 0.2) is 72.8 Å². The quantitative estimate of drug-likeness (QED) is 0.385. The van der Waals surface area contributed by atoms with E-state index in [1.165, 1.54) is 6.07 Å². The average molecular weight is 409 g/mol. The van der Waals surface area contributed by atoms with Crippen molar-refractivity contribution in [3.63, 3.8) is 0 Å². The molecule has 3 aromatic carbocycles. The van der Waals surface area contributed by atoms with Crippen LogP contribution >= 0.6 is 11.6 Å². The summed E-state index contributed by atoms with van der Waals surface area (Å²) in [6.45, 7) is 0. The van der Waals surface area contributed by atoms with Gasteiger partial charge in [0, 0.05) is 16.8 Å². The summed E-state index contributed by atoms with van der Waals surface area (Å²) < 4.78 is 0. The highest BCUT2D eigenvalue weighted by Gasteiger charge is 2.13. The van der Waals surface area contributed by atoms with Crippen LogP contribution in [0.25, 0.3) is 23.3 Å². The van der Waals surface area contributed by atoms with E-state index in [0.29, 0.717) is 5.56 Å². The van der Waals surface area contributed by atoms with Gasteiger partial charge >= 0.3 is 0 Å². The molecular weight excluding hydrogens is 392 g/mol. The van der Waals surface area contributed by atoms with Crippen LogP contribution < -0.4 is 10.5 Å². The van der Waals surface area contributed by atoms with E-state index < -0.39 is 5.23 Å². The second-order valence-electron chi connectivity index (χ2n) is 6.12. The number of anilines is 2. The van der Waals surface area contributed by atoms with Gasteiger partial charge in [0.15, 0.2) is 0 Å². The van der Waals surface area contributed by atoms with Gasteiger partial charge in [0.1, 0.15) is 5.69 Å². The minimum atomic E-state index is -0.617. The first kappa shape index (κ1) is 20.6. The van der Waals surface area contributed by atoms with Gasteiger partial charge in [0.25, 0.3) is 0 Å². The molecule has 0 aliphatic carbocycles. The van der Waals surface area contributed by atoms with Crippen molar-refractivity contribution in [3.05, 3.63) is 105 Å². The molecule has 0 spiro atoms. The molecule has 2 N–H and O–H groups in total. The van der Waals surface area contributed by atoms with E-state index >= 15 is 0 Å². The van der Waals surface area contributed by atoms with Gasteiger partial charge in [-0.2, -0.15) is 0 Å². The molecule has 0 aliphatic rings. The summed E-state index contributed by atoms with van der Waals surface area (Å²) in [5, 5.41) is 41.6. The molecule has 0 aliphatic heterocycles. The minimum Gasteiger partial charge on any atom is -0.769 e. The van der Waals surface area contributed by atoms with Crippen LogP contribution in [-0.4, -0.2) is 10.4 Å². The molecule has 0 saturated carbocycles. The molecule has 0 bridgehead atoms. The summed E-state index contributed by atoms with van der Waals surface area (Å²) in [6.07, 6.45) is 5.00. The molecule has 0 amide bonds. The van der Waals surface area contributed by atoms with Crippen LogP contribution in [-0.2, 0) is 0 Å². The third-order valence-corrected chi connectivity index (χ3v) is 4.48. The van der Waals surface area contributed by atoms with Gasteiger partial charge in [-0.3, -0.25) is 10.4 Å². The lowest BCUT2D eigenvalue weighted by atomic mass is 10.0. The topological polar surface area (TPSA) is 93.1 Å². The lowest BCUT2D eigenvalue weighted by Gasteiger charge is -2.39. The molecular formula is C22H17ClN2O4-2. The zero-order chi connectivity index (χ0) is 20.8. The molecule has 3 rings (SSSR count). The van der Waals surface area contributed by atoms with Crippen LogP contribution in [0.2, 0.25) is 0 Å². The smallest absolute Gasteiger partial charge is 0.104 e. The Balaban J connectivity index is 2.11. The van der Waals surface area contributed by atoms with Gasteiger partial charge in [-0.05, 0) is 29.3 Å². The van der Waals surface area contributed by atoms with E-state index in [1.807, 2.05) is 60.7 Å². The standard InChI is InChI=1S/C22H17ClN2O4/c23-20(13-17-9-5-2-6-10-17)19-14-18(12-11-16-7-3-1-4-8-16)21(24(26)27)15-22(19)25(28)29/h1-15,26-27H/q-2. The van der Waals surface area contributed by atoms with Gasteiger partial charge in [-0.15, -0.1) is 5.23 Å². The SMILES string of the molecule is [O-]N([O-])c1cc(N(O)O)c(C=Cc2ccccc2)cc1C(Cl)=Cc1ccccc1. The highest BCUT2D eigenvalue weighted by atomic mass is 35.5. The van der Waals surface area contributed by atoms with Gasteiger partial charge in [-0.25, -0.2) is 0 Å². The zero-order valence-corrected chi connectivity index (χ0v) is 15.9. The Morgan fingerprint density at radius 3 is 1.93 bits per heavy atom. The minimum absolute atomic E-state index is 0.142.